The fraction of sp³-hybridized carbons (Fsp3) is 1.00. The second-order valence-corrected chi connectivity index (χ2v) is 56.4. The summed E-state index contributed by atoms with van der Waals surface area (Å²) in [5.74, 6) is 4.21. The van der Waals surface area contributed by atoms with E-state index >= 15 is 0 Å². The van der Waals surface area contributed by atoms with E-state index in [9.17, 15) is 0 Å². The summed E-state index contributed by atoms with van der Waals surface area (Å²) < 4.78 is 103. The molecule has 4 saturated carbocycles. The van der Waals surface area contributed by atoms with E-state index in [0.717, 1.165) is 87.4 Å². The summed E-state index contributed by atoms with van der Waals surface area (Å²) in [6.45, 7) is 27.1. The zero-order chi connectivity index (χ0) is 54.4. The molecule has 7 rings (SSSR count). The summed E-state index contributed by atoms with van der Waals surface area (Å²) in [5, 5.41) is 0. The van der Waals surface area contributed by atoms with Gasteiger partial charge in [-0.1, -0.05) is 38.5 Å². The Balaban J connectivity index is 0.716. The first-order valence-electron chi connectivity index (χ1n) is 30.7. The molecule has 4 aliphatic carbocycles. The highest BCUT2D eigenvalue weighted by Gasteiger charge is 2.49. The molecule has 8 unspecified atom stereocenters. The van der Waals surface area contributed by atoms with Crippen LogP contribution >= 0.6 is 0 Å². The van der Waals surface area contributed by atoms with Gasteiger partial charge in [-0.2, -0.15) is 0 Å². The first-order chi connectivity index (χ1) is 36.2. The third-order valence-electron chi connectivity index (χ3n) is 17.3. The fourth-order valence-electron chi connectivity index (χ4n) is 13.9. The van der Waals surface area contributed by atoms with Crippen LogP contribution in [0, 0.1) is 29.6 Å². The Hall–Kier alpha value is 1.96. The largest absolute Gasteiger partial charge is 0.420 e. The molecule has 0 aromatic heterocycles. The minimum absolute atomic E-state index is 0.266. The second kappa shape index (κ2) is 31.9. The summed E-state index contributed by atoms with van der Waals surface area (Å²) in [7, 11) is -24.1. The van der Waals surface area contributed by atoms with Crippen molar-refractivity contribution in [2.45, 2.75) is 244 Å². The molecule has 0 spiro atoms. The number of ether oxygens (including phenoxy) is 4. The van der Waals surface area contributed by atoms with Crippen molar-refractivity contribution in [2.75, 3.05) is 31.9 Å². The van der Waals surface area contributed by atoms with E-state index in [2.05, 4.69) is 78.6 Å². The fourth-order valence-corrected chi connectivity index (χ4v) is 58.8. The number of rotatable bonds is 22. The Bertz CT molecular complexity index is 1630. The number of hydrogen-bond donors (Lipinski definition) is 0. The van der Waals surface area contributed by atoms with Crippen LogP contribution in [0.25, 0.3) is 0 Å². The van der Waals surface area contributed by atoms with Gasteiger partial charge < -0.3 is 68.3 Å². The minimum Gasteiger partial charge on any atom is -0.420 e. The lowest BCUT2D eigenvalue weighted by molar-refractivity contribution is 0.00822. The first-order valence-corrected chi connectivity index (χ1v) is 57.5. The van der Waals surface area contributed by atoms with Crippen molar-refractivity contribution >= 4 is 109 Å². The minimum atomic E-state index is -2.72. The molecular weight excluding hydrogens is 1170 g/mol. The number of hydrogen-bond acceptors (Lipinski definition) is 16. The zero-order valence-electron chi connectivity index (χ0n) is 49.6. The lowest BCUT2D eigenvalue weighted by atomic mass is 9.74. The molecule has 7 aliphatic rings. The van der Waals surface area contributed by atoms with Gasteiger partial charge in [-0.3, -0.25) is 0 Å². The van der Waals surface area contributed by atoms with Crippen LogP contribution in [-0.2, 0) is 68.3 Å². The van der Waals surface area contributed by atoms with Crippen LogP contribution in [0.4, 0.5) is 0 Å². The Labute approximate surface area is 479 Å². The second-order valence-electron chi connectivity index (χ2n) is 25.0. The maximum atomic E-state index is 7.07. The van der Waals surface area contributed by atoms with Crippen LogP contribution in [0.5, 0.6) is 0 Å². The van der Waals surface area contributed by atoms with Gasteiger partial charge in [0, 0.05) is 13.2 Å². The predicted octanol–water partition coefficient (Wildman–Crippen LogP) is 8.82. The molecule has 3 saturated heterocycles. The topological polar surface area (TPSA) is 148 Å². The molecule has 28 heteroatoms. The molecule has 3 heterocycles. The van der Waals surface area contributed by atoms with Crippen LogP contribution in [0.1, 0.15) is 141 Å². The lowest BCUT2D eigenvalue weighted by Crippen LogP contribution is -2.63. The van der Waals surface area contributed by atoms with Gasteiger partial charge in [-0.05, 0) is 217 Å². The van der Waals surface area contributed by atoms with Crippen LogP contribution in [0.15, 0.2) is 0 Å². The Morgan fingerprint density at radius 3 is 1.13 bits per heavy atom. The van der Waals surface area contributed by atoms with Gasteiger partial charge in [0.05, 0.1) is 37.0 Å². The molecule has 0 amide bonds. The average molecular weight is 1280 g/mol. The highest BCUT2D eigenvalue weighted by atomic mass is 28.5. The van der Waals surface area contributed by atoms with Crippen LogP contribution < -0.4 is 0 Å². The Morgan fingerprint density at radius 1 is 0.342 bits per heavy atom. The third-order valence-corrected chi connectivity index (χ3v) is 59.4. The van der Waals surface area contributed by atoms with Crippen LogP contribution in [0.2, 0.25) is 84.6 Å². The maximum Gasteiger partial charge on any atom is 0.343 e. The summed E-state index contributed by atoms with van der Waals surface area (Å²) in [6.07, 6.45) is 30.1. The smallest absolute Gasteiger partial charge is 0.343 e. The molecule has 0 radical (unpaired) electrons. The van der Waals surface area contributed by atoms with Gasteiger partial charge in [0.1, 0.15) is 0 Å². The predicted molar refractivity (Wildman–Crippen MR) is 327 cm³/mol. The molecule has 0 N–H and O–H groups in total. The van der Waals surface area contributed by atoms with Gasteiger partial charge in [-0.15, -0.1) is 0 Å². The molecule has 0 bridgehead atoms. The third kappa shape index (κ3) is 23.1. The molecule has 16 nitrogen and oxygen atoms in total. The average Bonchev–Trinajstić information content (AvgIpc) is 3.33. The molecule has 0 aromatic rings. The molecule has 8 atom stereocenters. The van der Waals surface area contributed by atoms with Crippen molar-refractivity contribution in [3.05, 3.63) is 0 Å². The van der Waals surface area contributed by atoms with Crippen molar-refractivity contribution in [3.8, 4) is 0 Å². The highest BCUT2D eigenvalue weighted by molar-refractivity contribution is 6.87. The van der Waals surface area contributed by atoms with Crippen molar-refractivity contribution < 1.29 is 68.3 Å². The van der Waals surface area contributed by atoms with Crippen molar-refractivity contribution in [1.29, 1.82) is 0 Å². The van der Waals surface area contributed by atoms with E-state index in [1.807, 2.05) is 0 Å². The van der Waals surface area contributed by atoms with Gasteiger partial charge in [0.2, 0.25) is 0 Å². The Kier molecular flexibility index (Phi) is 27.5. The van der Waals surface area contributed by atoms with Gasteiger partial charge in [0.25, 0.3) is 74.3 Å². The van der Waals surface area contributed by atoms with Gasteiger partial charge in [-0.25, -0.2) is 0 Å². The normalized spacial score (nSPS) is 44.7. The maximum absolute atomic E-state index is 7.07. The van der Waals surface area contributed by atoms with E-state index < -0.39 is 109 Å². The van der Waals surface area contributed by atoms with Crippen LogP contribution in [0.3, 0.4) is 0 Å². The standard InChI is InChI=1S/C48H108O16Si12/c1-65-53-67(3)58-73(9,59-68(4)54-65)35-15-34-50-46-27-21-43(22-28-46)37-45-25-31-48(32-26-45)52-40-76(12)63-72(8)57-71(7)62-75(11,64-76)38-49-33-14-13-16-41-17-19-42(20-18-41)36-44-23-29-47(30-24-44)51-39-74(10)60-69(5)55-66(2)56-70(6)61-74/h41-48,65-72H,13-40H2,1-12H3. The number of unbranched alkanes of at least 4 members (excludes halogenated alkanes) is 1. The summed E-state index contributed by atoms with van der Waals surface area (Å²) >= 11 is 0. The highest BCUT2D eigenvalue weighted by Crippen LogP contribution is 2.40. The van der Waals surface area contributed by atoms with E-state index in [1.54, 1.807) is 0 Å². The molecule has 0 aromatic carbocycles. The molecule has 76 heavy (non-hydrogen) atoms. The molecule has 444 valence electrons. The van der Waals surface area contributed by atoms with E-state index in [4.69, 9.17) is 68.3 Å². The SMILES string of the molecule is C[SiH]1O[SiH](C)O[Si](C)(CCCOC2CCC(CC3CCC(OC[Si]4(C)O[SiH](C)O[SiH](C)O[Si](C)(COCCCCC5CCC(CC6CCC(OC[Si]7(C)O[SiH](C)O[SiH](C)O[SiH](C)O7)CC6)CC5)O4)CC3)CC2)O[SiH](C)O1. The zero-order valence-corrected chi connectivity index (χ0v) is 62.8. The first kappa shape index (κ1) is 65.5. The molecule has 7 fully saturated rings. The van der Waals surface area contributed by atoms with Crippen molar-refractivity contribution in [2.24, 2.45) is 29.6 Å². The monoisotopic (exact) mass is 1280 g/mol. The Morgan fingerprint density at radius 2 is 0.684 bits per heavy atom. The van der Waals surface area contributed by atoms with Crippen molar-refractivity contribution in [3.63, 3.8) is 0 Å². The van der Waals surface area contributed by atoms with Crippen LogP contribution in [-0.4, -0.2) is 159 Å². The summed E-state index contributed by atoms with van der Waals surface area (Å²) in [4.78, 5) is 0. The quantitative estimate of drug-likeness (QED) is 0.0751. The van der Waals surface area contributed by atoms with Crippen molar-refractivity contribution in [1.82, 2.24) is 0 Å². The molecule has 3 aliphatic heterocycles. The van der Waals surface area contributed by atoms with E-state index in [-0.39, 0.29) is 6.10 Å². The van der Waals surface area contributed by atoms with Gasteiger partial charge in [0.15, 0.2) is 0 Å². The lowest BCUT2D eigenvalue weighted by Gasteiger charge is -2.43. The van der Waals surface area contributed by atoms with Gasteiger partial charge >= 0.3 is 34.2 Å². The van der Waals surface area contributed by atoms with E-state index in [0.29, 0.717) is 30.9 Å². The molecular formula is C48H108O16Si12. The van der Waals surface area contributed by atoms with E-state index in [1.165, 1.54) is 103 Å². The summed E-state index contributed by atoms with van der Waals surface area (Å²) in [5.41, 5.74) is 0. The summed E-state index contributed by atoms with van der Waals surface area (Å²) in [6, 6.07) is 0.947.